The average Bonchev–Trinajstić information content (AvgIpc) is 3.21. The normalized spacial score (nSPS) is 18.8. The van der Waals surface area contributed by atoms with Crippen LogP contribution in [0.2, 0.25) is 0 Å². The quantitative estimate of drug-likeness (QED) is 0.353. The van der Waals surface area contributed by atoms with Crippen molar-refractivity contribution >= 4 is 28.8 Å². The monoisotopic (exact) mass is 474 g/mol. The van der Waals surface area contributed by atoms with Gasteiger partial charge in [-0.2, -0.15) is 0 Å². The van der Waals surface area contributed by atoms with Crippen LogP contribution >= 0.6 is 0 Å². The molecule has 0 bridgehead atoms. The molecule has 0 amide bonds. The number of carbonyl (C=O) groups is 3. The van der Waals surface area contributed by atoms with Crippen LogP contribution in [0.1, 0.15) is 43.9 Å². The van der Waals surface area contributed by atoms with E-state index in [-0.39, 0.29) is 40.9 Å². The number of aromatic nitrogens is 2. The molecule has 178 valence electrons. The number of esters is 2. The first-order valence-corrected chi connectivity index (χ1v) is 11.2. The van der Waals surface area contributed by atoms with Crippen molar-refractivity contribution in [3.8, 4) is 11.4 Å². The molecule has 35 heavy (non-hydrogen) atoms. The molecule has 1 atom stereocenters. The third-order valence-electron chi connectivity index (χ3n) is 6.84. The summed E-state index contributed by atoms with van der Waals surface area (Å²) < 4.78 is 12.6. The van der Waals surface area contributed by atoms with Crippen LogP contribution in [0.4, 0.5) is 0 Å². The summed E-state index contributed by atoms with van der Waals surface area (Å²) >= 11 is 0. The Morgan fingerprint density at radius 1 is 1.17 bits per heavy atom. The molecule has 4 heterocycles. The molecular weight excluding hydrogens is 452 g/mol. The molecule has 9 nitrogen and oxygen atoms in total. The number of aliphatic carboxylic acids is 1. The van der Waals surface area contributed by atoms with E-state index in [1.807, 2.05) is 30.3 Å². The fourth-order valence-corrected chi connectivity index (χ4v) is 4.63. The first-order valence-electron chi connectivity index (χ1n) is 11.2. The minimum absolute atomic E-state index is 0.00906. The summed E-state index contributed by atoms with van der Waals surface area (Å²) in [6.45, 7) is 4.30. The molecule has 0 spiro atoms. The Morgan fingerprint density at radius 2 is 1.91 bits per heavy atom. The zero-order valence-corrected chi connectivity index (χ0v) is 19.4. The van der Waals surface area contributed by atoms with Gasteiger partial charge in [0.2, 0.25) is 5.60 Å². The minimum Gasteiger partial charge on any atom is -0.478 e. The number of pyridine rings is 2. The number of carboxylic acids is 1. The smallest absolute Gasteiger partial charge is 0.355 e. The predicted molar refractivity (Wildman–Crippen MR) is 124 cm³/mol. The van der Waals surface area contributed by atoms with Gasteiger partial charge in [-0.15, -0.1) is 0 Å². The van der Waals surface area contributed by atoms with Crippen molar-refractivity contribution in [3.05, 3.63) is 74.6 Å². The number of carboxylic acid groups (broad SMARTS) is 1. The standard InChI is InChI=1S/C26H22N2O7/c1-4-26(35-24(32)14(3)13(2)23(30)31)18-10-20-21-16(9-15-7-5-6-8-19(15)27-21)11-28(20)22(29)17(18)12-34-25(26)33/h5-10H,4,11-12H2,1-3H3,(H,30,31)/b14-13+/t26-/m0/s1. The number of hydrogen-bond donors (Lipinski definition) is 1. The maximum atomic E-state index is 13.5. The van der Waals surface area contributed by atoms with Crippen LogP contribution in [0.5, 0.6) is 0 Å². The second-order valence-electron chi connectivity index (χ2n) is 8.70. The summed E-state index contributed by atoms with van der Waals surface area (Å²) in [6.07, 6.45) is -0.00906. The van der Waals surface area contributed by atoms with Crippen molar-refractivity contribution in [2.24, 2.45) is 0 Å². The largest absolute Gasteiger partial charge is 0.478 e. The van der Waals surface area contributed by atoms with Gasteiger partial charge in [-0.25, -0.2) is 19.4 Å². The summed E-state index contributed by atoms with van der Waals surface area (Å²) in [6, 6.07) is 11.3. The van der Waals surface area contributed by atoms with E-state index in [4.69, 9.17) is 14.5 Å². The highest BCUT2D eigenvalue weighted by Crippen LogP contribution is 2.41. The van der Waals surface area contributed by atoms with Gasteiger partial charge in [-0.3, -0.25) is 4.79 Å². The Labute approximate surface area is 199 Å². The first kappa shape index (κ1) is 22.5. The molecule has 0 saturated carbocycles. The number of ether oxygens (including phenoxy) is 2. The Hall–Kier alpha value is -4.27. The van der Waals surface area contributed by atoms with E-state index in [1.54, 1.807) is 17.6 Å². The zero-order chi connectivity index (χ0) is 25.1. The predicted octanol–water partition coefficient (Wildman–Crippen LogP) is 3.05. The highest BCUT2D eigenvalue weighted by atomic mass is 16.6. The summed E-state index contributed by atoms with van der Waals surface area (Å²) in [5, 5.41) is 10.2. The number of carbonyl (C=O) groups excluding carboxylic acids is 2. The van der Waals surface area contributed by atoms with E-state index >= 15 is 0 Å². The number of para-hydroxylation sites is 1. The van der Waals surface area contributed by atoms with Gasteiger partial charge >= 0.3 is 17.9 Å². The number of fused-ring (bicyclic) bond motifs is 5. The fraction of sp³-hybridized carbons (Fsp3) is 0.269. The van der Waals surface area contributed by atoms with E-state index in [9.17, 15) is 24.3 Å². The maximum absolute atomic E-state index is 13.5. The topological polar surface area (TPSA) is 125 Å². The molecule has 2 aliphatic heterocycles. The second kappa shape index (κ2) is 7.90. The molecule has 1 N–H and O–H groups in total. The van der Waals surface area contributed by atoms with Crippen molar-refractivity contribution in [2.45, 2.75) is 45.9 Å². The van der Waals surface area contributed by atoms with Crippen molar-refractivity contribution in [1.82, 2.24) is 9.55 Å². The Kier molecular flexibility index (Phi) is 5.08. The van der Waals surface area contributed by atoms with Gasteiger partial charge in [0.25, 0.3) is 5.56 Å². The first-order chi connectivity index (χ1) is 16.7. The molecule has 5 rings (SSSR count). The minimum atomic E-state index is -1.89. The summed E-state index contributed by atoms with van der Waals surface area (Å²) in [5.41, 5.74) is 0.637. The molecule has 9 heteroatoms. The fourth-order valence-electron chi connectivity index (χ4n) is 4.63. The van der Waals surface area contributed by atoms with Crippen LogP contribution < -0.4 is 5.56 Å². The van der Waals surface area contributed by atoms with E-state index in [0.717, 1.165) is 16.5 Å². The molecule has 0 radical (unpaired) electrons. The van der Waals surface area contributed by atoms with Crippen LogP contribution in [0.3, 0.4) is 0 Å². The van der Waals surface area contributed by atoms with Gasteiger partial charge in [0.15, 0.2) is 0 Å². The lowest BCUT2D eigenvalue weighted by molar-refractivity contribution is -0.187. The molecule has 0 fully saturated rings. The Balaban J connectivity index is 1.70. The highest BCUT2D eigenvalue weighted by molar-refractivity contribution is 6.00. The van der Waals surface area contributed by atoms with Gasteiger partial charge in [-0.05, 0) is 38.5 Å². The van der Waals surface area contributed by atoms with Gasteiger partial charge in [-0.1, -0.05) is 25.1 Å². The molecule has 0 saturated heterocycles. The van der Waals surface area contributed by atoms with Crippen LogP contribution in [0.25, 0.3) is 22.3 Å². The van der Waals surface area contributed by atoms with Crippen LogP contribution in [-0.2, 0) is 42.6 Å². The number of hydrogen-bond acceptors (Lipinski definition) is 7. The Morgan fingerprint density at radius 3 is 2.63 bits per heavy atom. The van der Waals surface area contributed by atoms with Crippen LogP contribution in [-0.4, -0.2) is 32.6 Å². The summed E-state index contributed by atoms with van der Waals surface area (Å²) in [4.78, 5) is 55.5. The van der Waals surface area contributed by atoms with Crippen molar-refractivity contribution in [3.63, 3.8) is 0 Å². The van der Waals surface area contributed by atoms with Gasteiger partial charge in [0.05, 0.1) is 29.0 Å². The summed E-state index contributed by atoms with van der Waals surface area (Å²) in [5.74, 6) is -3.06. The van der Waals surface area contributed by atoms with Crippen molar-refractivity contribution < 1.29 is 29.0 Å². The number of rotatable bonds is 4. The molecule has 0 unspecified atom stereocenters. The lowest BCUT2D eigenvalue weighted by atomic mass is 9.85. The molecule has 2 aromatic heterocycles. The van der Waals surface area contributed by atoms with E-state index < -0.39 is 23.5 Å². The van der Waals surface area contributed by atoms with Gasteiger partial charge < -0.3 is 19.1 Å². The average molecular weight is 474 g/mol. The van der Waals surface area contributed by atoms with E-state index in [1.165, 1.54) is 13.8 Å². The molecule has 3 aromatic rings. The lowest BCUT2D eigenvalue weighted by Gasteiger charge is -2.35. The number of benzene rings is 1. The van der Waals surface area contributed by atoms with Gasteiger partial charge in [0, 0.05) is 27.7 Å². The maximum Gasteiger partial charge on any atom is 0.355 e. The number of nitrogens with zero attached hydrogens (tertiary/aromatic N) is 2. The van der Waals surface area contributed by atoms with Crippen molar-refractivity contribution in [1.29, 1.82) is 0 Å². The highest BCUT2D eigenvalue weighted by Gasteiger charge is 2.50. The third-order valence-corrected chi connectivity index (χ3v) is 6.84. The molecule has 1 aromatic carbocycles. The zero-order valence-electron chi connectivity index (χ0n) is 19.4. The Bertz CT molecular complexity index is 1550. The molecule has 0 aliphatic carbocycles. The lowest BCUT2D eigenvalue weighted by Crippen LogP contribution is -2.47. The third kappa shape index (κ3) is 3.26. The number of cyclic esters (lactones) is 1. The van der Waals surface area contributed by atoms with E-state index in [2.05, 4.69) is 0 Å². The van der Waals surface area contributed by atoms with Crippen LogP contribution in [0.15, 0.2) is 52.3 Å². The SMILES string of the molecule is CC[C@@]1(OC(=O)/C(C)=C(\C)C(=O)O)C(=O)OCc2c1cc1n(c2=O)Cc2cc3ccccc3nc2-1. The molecule has 2 aliphatic rings. The second-order valence-corrected chi connectivity index (χ2v) is 8.70. The van der Waals surface area contributed by atoms with Crippen LogP contribution in [0, 0.1) is 0 Å². The van der Waals surface area contributed by atoms with Gasteiger partial charge in [0.1, 0.15) is 6.61 Å². The van der Waals surface area contributed by atoms with E-state index in [0.29, 0.717) is 17.9 Å². The molecular formula is C26H22N2O7. The van der Waals surface area contributed by atoms with Crippen molar-refractivity contribution in [2.75, 3.05) is 0 Å². The summed E-state index contributed by atoms with van der Waals surface area (Å²) in [7, 11) is 0.